The summed E-state index contributed by atoms with van der Waals surface area (Å²) >= 11 is 0. The number of hydrogen-bond acceptors (Lipinski definition) is 7. The minimum absolute atomic E-state index is 0.0176. The van der Waals surface area contributed by atoms with Gasteiger partial charge in [0.05, 0.1) is 5.56 Å². The number of phenolic OH excluding ortho intramolecular Hbond substituents is 1. The average Bonchev–Trinajstić information content (AvgIpc) is 2.87. The highest BCUT2D eigenvalue weighted by Crippen LogP contribution is 2.49. The van der Waals surface area contributed by atoms with Crippen LogP contribution in [0.5, 0.6) is 11.5 Å². The molecule has 1 amide bonds. The van der Waals surface area contributed by atoms with Crippen LogP contribution in [-0.4, -0.2) is 45.9 Å². The van der Waals surface area contributed by atoms with Crippen molar-refractivity contribution < 1.29 is 43.3 Å². The van der Waals surface area contributed by atoms with E-state index in [-0.39, 0.29) is 29.6 Å². The molecule has 0 spiro atoms. The Morgan fingerprint density at radius 1 is 1.05 bits per heavy atom. The number of hydrogen-bond donors (Lipinski definition) is 4. The first-order valence-electron chi connectivity index (χ1n) is 12.1. The van der Waals surface area contributed by atoms with Gasteiger partial charge in [0, 0.05) is 46.2 Å². The number of aromatic hydroxyl groups is 1. The van der Waals surface area contributed by atoms with Crippen molar-refractivity contribution in [3.63, 3.8) is 0 Å². The van der Waals surface area contributed by atoms with E-state index in [2.05, 4.69) is 9.84 Å². The van der Waals surface area contributed by atoms with Gasteiger partial charge in [-0.25, -0.2) is 4.79 Å². The monoisotopic (exact) mass is 540 g/mol. The highest BCUT2D eigenvalue weighted by atomic mass is 31.1. The van der Waals surface area contributed by atoms with Crippen molar-refractivity contribution in [1.29, 1.82) is 0 Å². The molecular weight excluding hydrogens is 513 g/mol. The van der Waals surface area contributed by atoms with Gasteiger partial charge < -0.3 is 20.3 Å². The minimum Gasteiger partial charge on any atom is -0.508 e. The number of carbonyl (C=O) groups is 3. The van der Waals surface area contributed by atoms with E-state index in [1.54, 1.807) is 18.2 Å². The summed E-state index contributed by atoms with van der Waals surface area (Å²) in [6.45, 7) is 0.608. The van der Waals surface area contributed by atoms with Gasteiger partial charge in [0.25, 0.3) is 5.91 Å². The number of carbonyl (C=O) groups excluding carboxylic acids is 2. The number of unbranched alkanes of at least 4 members (excludes halogenated alkanes) is 3. The zero-order chi connectivity index (χ0) is 27.2. The molecule has 198 valence electrons. The van der Waals surface area contributed by atoms with Gasteiger partial charge in [-0.15, -0.1) is 9.42 Å². The second-order valence-corrected chi connectivity index (χ2v) is 9.72. The molecule has 4 N–H and O–H groups in total. The highest BCUT2D eigenvalue weighted by molar-refractivity contribution is 7.32. The van der Waals surface area contributed by atoms with Crippen LogP contribution in [0.2, 0.25) is 0 Å². The summed E-state index contributed by atoms with van der Waals surface area (Å²) in [5, 5.41) is 22.8. The molecule has 0 saturated carbocycles. The third-order valence-electron chi connectivity index (χ3n) is 6.44. The van der Waals surface area contributed by atoms with E-state index in [4.69, 9.17) is 9.63 Å². The lowest BCUT2D eigenvalue weighted by atomic mass is 9.74. The number of carboxylic acids is 1. The number of ether oxygens (including phenoxy) is 1. The van der Waals surface area contributed by atoms with E-state index in [1.807, 2.05) is 0 Å². The first-order chi connectivity index (χ1) is 18.2. The zero-order valence-electron chi connectivity index (χ0n) is 20.3. The molecule has 2 aromatic rings. The van der Waals surface area contributed by atoms with Crippen LogP contribution in [0.4, 0.5) is 0 Å². The predicted molar refractivity (Wildman–Crippen MR) is 136 cm³/mol. The molecule has 11 heteroatoms. The van der Waals surface area contributed by atoms with E-state index in [0.29, 0.717) is 47.6 Å². The molecule has 0 saturated heterocycles. The average molecular weight is 540 g/mol. The lowest BCUT2D eigenvalue weighted by Gasteiger charge is -2.35. The van der Waals surface area contributed by atoms with Gasteiger partial charge in [-0.3, -0.25) is 9.59 Å². The Morgan fingerprint density at radius 3 is 2.61 bits per heavy atom. The highest BCUT2D eigenvalue weighted by Gasteiger charge is 2.38. The van der Waals surface area contributed by atoms with E-state index >= 15 is 0 Å². The van der Waals surface area contributed by atoms with Gasteiger partial charge in [0.2, 0.25) is 0 Å². The Balaban J connectivity index is 1.56. The largest absolute Gasteiger partial charge is 0.694 e. The molecule has 2 aromatic carbocycles. The minimum atomic E-state index is -2.58. The summed E-state index contributed by atoms with van der Waals surface area (Å²) in [6.07, 6.45) is 7.33. The summed E-state index contributed by atoms with van der Waals surface area (Å²) in [5.74, 6) is -2.23. The first kappa shape index (κ1) is 27.2. The van der Waals surface area contributed by atoms with E-state index in [0.717, 1.165) is 12.8 Å². The van der Waals surface area contributed by atoms with Crippen molar-refractivity contribution in [3.8, 4) is 11.5 Å². The molecular formula is C27H27NO9P+. The van der Waals surface area contributed by atoms with Gasteiger partial charge in [-0.1, -0.05) is 25.0 Å². The van der Waals surface area contributed by atoms with Crippen molar-refractivity contribution in [3.05, 3.63) is 82.6 Å². The van der Waals surface area contributed by atoms with Crippen LogP contribution in [0.15, 0.2) is 60.4 Å². The third-order valence-corrected chi connectivity index (χ3v) is 6.84. The quantitative estimate of drug-likeness (QED) is 0.242. The van der Waals surface area contributed by atoms with E-state index in [1.165, 1.54) is 36.4 Å². The van der Waals surface area contributed by atoms with Gasteiger partial charge in [-0.2, -0.15) is 0 Å². The number of allylic oxidation sites excluding steroid dienone is 3. The smallest absolute Gasteiger partial charge is 0.508 e. The Labute approximate surface area is 219 Å². The molecule has 0 radical (unpaired) electrons. The summed E-state index contributed by atoms with van der Waals surface area (Å²) in [6, 6.07) is 8.96. The standard InChI is InChI=1S/C27H26NO9P/c29-17-6-9-20-23(14-17)37-24-15-18(30)7-10-21(24)25(20)22-13-16(5-8-19(22)27(32)33)26(31)28-11-3-1-2-4-12-36-38(34)35/h5-10,13-15,20,25H,1-4,11-12H2,(H3-,28,30,31,32,33,34,35)/p+1. The van der Waals surface area contributed by atoms with Crippen molar-refractivity contribution in [2.45, 2.75) is 31.6 Å². The van der Waals surface area contributed by atoms with Crippen LogP contribution in [0.1, 0.15) is 63.4 Å². The summed E-state index contributed by atoms with van der Waals surface area (Å²) < 4.78 is 21.0. The number of amides is 1. The van der Waals surface area contributed by atoms with Gasteiger partial charge in [0.1, 0.15) is 23.9 Å². The number of ketones is 1. The molecule has 1 aliphatic carbocycles. The Bertz CT molecular complexity index is 1330. The topological polar surface area (TPSA) is 159 Å². The second-order valence-electron chi connectivity index (χ2n) is 8.98. The van der Waals surface area contributed by atoms with Crippen molar-refractivity contribution >= 4 is 25.9 Å². The number of nitrogens with one attached hydrogen (secondary N) is 1. The summed E-state index contributed by atoms with van der Waals surface area (Å²) in [5.41, 5.74) is 1.32. The summed E-state index contributed by atoms with van der Waals surface area (Å²) in [4.78, 5) is 45.7. The van der Waals surface area contributed by atoms with Crippen LogP contribution in [0.3, 0.4) is 0 Å². The molecule has 0 aromatic heterocycles. The Morgan fingerprint density at radius 2 is 1.84 bits per heavy atom. The number of carboxylic acid groups (broad SMARTS) is 1. The Kier molecular flexibility index (Phi) is 8.68. The second kappa shape index (κ2) is 12.1. The molecule has 1 aliphatic heterocycles. The maximum atomic E-state index is 12.9. The van der Waals surface area contributed by atoms with Crippen LogP contribution in [-0.2, 0) is 13.9 Å². The van der Waals surface area contributed by atoms with Crippen LogP contribution < -0.4 is 10.1 Å². The molecule has 3 unspecified atom stereocenters. The Hall–Kier alpha value is -3.85. The maximum Gasteiger partial charge on any atom is 0.694 e. The molecule has 3 atom stereocenters. The zero-order valence-corrected chi connectivity index (χ0v) is 21.2. The van der Waals surface area contributed by atoms with Gasteiger partial charge >= 0.3 is 14.2 Å². The third kappa shape index (κ3) is 6.34. The fourth-order valence-electron chi connectivity index (χ4n) is 4.68. The van der Waals surface area contributed by atoms with Crippen molar-refractivity contribution in [2.75, 3.05) is 13.2 Å². The molecule has 0 fully saturated rings. The van der Waals surface area contributed by atoms with Crippen LogP contribution in [0, 0.1) is 5.92 Å². The number of fused-ring (bicyclic) bond motifs is 2. The van der Waals surface area contributed by atoms with Crippen molar-refractivity contribution in [1.82, 2.24) is 5.32 Å². The predicted octanol–water partition coefficient (Wildman–Crippen LogP) is 4.21. The van der Waals surface area contributed by atoms with Crippen LogP contribution in [0.25, 0.3) is 0 Å². The van der Waals surface area contributed by atoms with Gasteiger partial charge in [0.15, 0.2) is 5.78 Å². The molecule has 2 aliphatic rings. The fraction of sp³-hybridized carbons (Fsp3) is 0.296. The molecule has 0 bridgehead atoms. The number of phenols is 1. The van der Waals surface area contributed by atoms with E-state index in [9.17, 15) is 29.2 Å². The molecule has 4 rings (SSSR count). The molecule has 1 heterocycles. The molecule has 38 heavy (non-hydrogen) atoms. The van der Waals surface area contributed by atoms with Gasteiger partial charge in [-0.05, 0) is 48.7 Å². The number of benzene rings is 2. The normalized spacial score (nSPS) is 18.1. The fourth-order valence-corrected chi connectivity index (χ4v) is 4.97. The maximum absolute atomic E-state index is 12.9. The summed E-state index contributed by atoms with van der Waals surface area (Å²) in [7, 11) is -2.58. The SMILES string of the molecule is O=C1C=CC2C(=C1)Oc1cc(O)ccc1C2c1cc(C(=O)NCCCCCCO[P+](=O)O)ccc1C(=O)O. The number of rotatable bonds is 11. The van der Waals surface area contributed by atoms with Crippen LogP contribution >= 0.6 is 8.25 Å². The lowest BCUT2D eigenvalue weighted by molar-refractivity contribution is -0.110. The lowest BCUT2D eigenvalue weighted by Crippen LogP contribution is -2.29. The first-order valence-corrected chi connectivity index (χ1v) is 13.3. The number of aromatic carboxylic acids is 1. The van der Waals surface area contributed by atoms with Crippen molar-refractivity contribution in [2.24, 2.45) is 5.92 Å². The van der Waals surface area contributed by atoms with E-state index < -0.39 is 26.1 Å². The molecule has 10 nitrogen and oxygen atoms in total.